The van der Waals surface area contributed by atoms with Gasteiger partial charge in [-0.1, -0.05) is 28.1 Å². The van der Waals surface area contributed by atoms with Crippen LogP contribution in [0.1, 0.15) is 37.7 Å². The van der Waals surface area contributed by atoms with Crippen LogP contribution >= 0.6 is 15.9 Å². The quantitative estimate of drug-likeness (QED) is 0.793. The summed E-state index contributed by atoms with van der Waals surface area (Å²) in [6.07, 6.45) is 4.45. The summed E-state index contributed by atoms with van der Waals surface area (Å²) in [6.45, 7) is 0.766. The van der Waals surface area contributed by atoms with E-state index in [2.05, 4.69) is 45.5 Å². The number of benzene rings is 1. The van der Waals surface area contributed by atoms with E-state index in [0.717, 1.165) is 23.9 Å². The summed E-state index contributed by atoms with van der Waals surface area (Å²) >= 11 is 3.45. The summed E-state index contributed by atoms with van der Waals surface area (Å²) in [7, 11) is 0. The molecule has 4 heteroatoms. The normalized spacial score (nSPS) is 17.2. The minimum absolute atomic E-state index is 0.0825. The number of aliphatic carboxylic acids is 1. The van der Waals surface area contributed by atoms with Gasteiger partial charge in [0.25, 0.3) is 0 Å². The fourth-order valence-electron chi connectivity index (χ4n) is 2.43. The number of carbonyl (C=O) groups is 1. The smallest absolute Gasteiger partial charge is 0.303 e. The lowest BCUT2D eigenvalue weighted by Gasteiger charge is -2.43. The van der Waals surface area contributed by atoms with Gasteiger partial charge in [-0.25, -0.2) is 0 Å². The first-order valence-electron chi connectivity index (χ1n) is 6.35. The van der Waals surface area contributed by atoms with Crippen LogP contribution in [0.2, 0.25) is 0 Å². The summed E-state index contributed by atoms with van der Waals surface area (Å²) in [5.74, 6) is -0.719. The zero-order valence-corrected chi connectivity index (χ0v) is 11.9. The Balaban J connectivity index is 1.94. The lowest BCUT2D eigenvalue weighted by molar-refractivity contribution is -0.137. The van der Waals surface area contributed by atoms with Crippen molar-refractivity contribution in [2.75, 3.05) is 6.54 Å². The highest BCUT2D eigenvalue weighted by Crippen LogP contribution is 2.41. The molecule has 0 aromatic heterocycles. The van der Waals surface area contributed by atoms with Crippen molar-refractivity contribution in [3.63, 3.8) is 0 Å². The average molecular weight is 312 g/mol. The SMILES string of the molecule is O=C(O)CCCNC1(c2ccc(Br)cc2)CCC1. The van der Waals surface area contributed by atoms with Crippen molar-refractivity contribution in [3.05, 3.63) is 34.3 Å². The van der Waals surface area contributed by atoms with Crippen LogP contribution in [-0.2, 0) is 10.3 Å². The molecule has 0 unspecified atom stereocenters. The van der Waals surface area contributed by atoms with Crippen LogP contribution in [0.5, 0.6) is 0 Å². The Morgan fingerprint density at radius 2 is 2.00 bits per heavy atom. The van der Waals surface area contributed by atoms with Crippen LogP contribution < -0.4 is 5.32 Å². The predicted molar refractivity (Wildman–Crippen MR) is 74.5 cm³/mol. The van der Waals surface area contributed by atoms with E-state index in [0.29, 0.717) is 6.42 Å². The third-order valence-electron chi connectivity index (χ3n) is 3.63. The first-order chi connectivity index (χ1) is 8.62. The number of halogens is 1. The molecule has 1 aliphatic rings. The molecule has 0 amide bonds. The second kappa shape index (κ2) is 5.85. The summed E-state index contributed by atoms with van der Waals surface area (Å²) in [5.41, 5.74) is 1.39. The number of rotatable bonds is 6. The standard InChI is InChI=1S/C14H18BrNO2/c15-12-6-4-11(5-7-12)14(8-2-9-14)16-10-1-3-13(17)18/h4-7,16H,1-3,8-10H2,(H,17,18). The molecule has 0 radical (unpaired) electrons. The minimum Gasteiger partial charge on any atom is -0.481 e. The third-order valence-corrected chi connectivity index (χ3v) is 4.16. The largest absolute Gasteiger partial charge is 0.481 e. The molecule has 1 saturated carbocycles. The van der Waals surface area contributed by atoms with E-state index in [4.69, 9.17) is 5.11 Å². The maximum absolute atomic E-state index is 10.5. The number of hydrogen-bond acceptors (Lipinski definition) is 2. The minimum atomic E-state index is -0.719. The predicted octanol–water partition coefficient (Wildman–Crippen LogP) is 3.28. The van der Waals surface area contributed by atoms with E-state index in [-0.39, 0.29) is 12.0 Å². The zero-order chi connectivity index (χ0) is 13.0. The van der Waals surface area contributed by atoms with Crippen molar-refractivity contribution >= 4 is 21.9 Å². The van der Waals surface area contributed by atoms with Crippen molar-refractivity contribution in [1.29, 1.82) is 0 Å². The van der Waals surface area contributed by atoms with Crippen molar-refractivity contribution < 1.29 is 9.90 Å². The molecule has 0 spiro atoms. The lowest BCUT2D eigenvalue weighted by atomic mass is 9.72. The van der Waals surface area contributed by atoms with Crippen molar-refractivity contribution in [2.45, 2.75) is 37.6 Å². The van der Waals surface area contributed by atoms with Crippen molar-refractivity contribution in [3.8, 4) is 0 Å². The Labute approximate surface area is 116 Å². The van der Waals surface area contributed by atoms with E-state index in [9.17, 15) is 4.79 Å². The topological polar surface area (TPSA) is 49.3 Å². The summed E-state index contributed by atoms with van der Waals surface area (Å²) in [6, 6.07) is 8.42. The maximum Gasteiger partial charge on any atom is 0.303 e. The van der Waals surface area contributed by atoms with Gasteiger partial charge < -0.3 is 10.4 Å². The molecule has 0 aliphatic heterocycles. The summed E-state index contributed by atoms with van der Waals surface area (Å²) < 4.78 is 1.09. The van der Waals surface area contributed by atoms with Gasteiger partial charge in [0.15, 0.2) is 0 Å². The Morgan fingerprint density at radius 3 is 2.50 bits per heavy atom. The van der Waals surface area contributed by atoms with E-state index in [1.54, 1.807) is 0 Å². The molecule has 3 nitrogen and oxygen atoms in total. The molecule has 0 saturated heterocycles. The summed E-state index contributed by atoms with van der Waals surface area (Å²) in [5, 5.41) is 12.2. The van der Waals surface area contributed by atoms with E-state index in [1.807, 2.05) is 0 Å². The Morgan fingerprint density at radius 1 is 1.33 bits per heavy atom. The number of hydrogen-bond donors (Lipinski definition) is 2. The van der Waals surface area contributed by atoms with Gasteiger partial charge in [-0.3, -0.25) is 4.79 Å². The van der Waals surface area contributed by atoms with E-state index < -0.39 is 5.97 Å². The Kier molecular flexibility index (Phi) is 4.40. The first-order valence-corrected chi connectivity index (χ1v) is 7.15. The van der Waals surface area contributed by atoms with Crippen LogP contribution in [0.3, 0.4) is 0 Å². The monoisotopic (exact) mass is 311 g/mol. The fraction of sp³-hybridized carbons (Fsp3) is 0.500. The highest BCUT2D eigenvalue weighted by molar-refractivity contribution is 9.10. The molecule has 0 bridgehead atoms. The maximum atomic E-state index is 10.5. The van der Waals surface area contributed by atoms with Crippen molar-refractivity contribution in [1.82, 2.24) is 5.32 Å². The van der Waals surface area contributed by atoms with Crippen molar-refractivity contribution in [2.24, 2.45) is 0 Å². The van der Waals surface area contributed by atoms with Crippen LogP contribution in [0.25, 0.3) is 0 Å². The number of carboxylic acids is 1. The van der Waals surface area contributed by atoms with Gasteiger partial charge in [0, 0.05) is 16.4 Å². The van der Waals surface area contributed by atoms with Gasteiger partial charge in [-0.05, 0) is 49.9 Å². The third kappa shape index (κ3) is 3.12. The molecule has 1 fully saturated rings. The van der Waals surface area contributed by atoms with Gasteiger partial charge in [-0.2, -0.15) is 0 Å². The Hall–Kier alpha value is -0.870. The van der Waals surface area contributed by atoms with Gasteiger partial charge in [0.1, 0.15) is 0 Å². The van der Waals surface area contributed by atoms with Crippen LogP contribution in [0.15, 0.2) is 28.7 Å². The molecular formula is C14H18BrNO2. The van der Waals surface area contributed by atoms with Crippen LogP contribution in [0, 0.1) is 0 Å². The van der Waals surface area contributed by atoms with Gasteiger partial charge >= 0.3 is 5.97 Å². The van der Waals surface area contributed by atoms with Crippen LogP contribution in [-0.4, -0.2) is 17.6 Å². The Bertz CT molecular complexity index is 412. The first kappa shape index (κ1) is 13.6. The molecule has 18 heavy (non-hydrogen) atoms. The molecule has 1 aromatic carbocycles. The van der Waals surface area contributed by atoms with Crippen LogP contribution in [0.4, 0.5) is 0 Å². The molecule has 1 aliphatic carbocycles. The molecule has 2 N–H and O–H groups in total. The van der Waals surface area contributed by atoms with Gasteiger partial charge in [0.2, 0.25) is 0 Å². The van der Waals surface area contributed by atoms with Gasteiger partial charge in [-0.15, -0.1) is 0 Å². The second-order valence-corrected chi connectivity index (χ2v) is 5.78. The lowest BCUT2D eigenvalue weighted by Crippen LogP contribution is -2.48. The molecular weight excluding hydrogens is 294 g/mol. The molecule has 0 heterocycles. The highest BCUT2D eigenvalue weighted by atomic mass is 79.9. The van der Waals surface area contributed by atoms with Gasteiger partial charge in [0.05, 0.1) is 0 Å². The van der Waals surface area contributed by atoms with E-state index >= 15 is 0 Å². The molecule has 1 aromatic rings. The fourth-order valence-corrected chi connectivity index (χ4v) is 2.70. The zero-order valence-electron chi connectivity index (χ0n) is 10.3. The highest BCUT2D eigenvalue weighted by Gasteiger charge is 2.37. The number of carboxylic acid groups (broad SMARTS) is 1. The van der Waals surface area contributed by atoms with E-state index in [1.165, 1.54) is 12.0 Å². The molecule has 0 atom stereocenters. The number of nitrogens with one attached hydrogen (secondary N) is 1. The summed E-state index contributed by atoms with van der Waals surface area (Å²) in [4.78, 5) is 10.5. The molecule has 2 rings (SSSR count). The molecule has 98 valence electrons. The second-order valence-electron chi connectivity index (χ2n) is 4.87. The average Bonchev–Trinajstić information content (AvgIpc) is 2.28.